The summed E-state index contributed by atoms with van der Waals surface area (Å²) < 4.78 is 0. The Hall–Kier alpha value is -2.79. The van der Waals surface area contributed by atoms with E-state index in [0.29, 0.717) is 29.2 Å². The molecule has 1 aliphatic heterocycles. The number of piperazine rings is 1. The Kier molecular flexibility index (Phi) is 5.46. The van der Waals surface area contributed by atoms with Gasteiger partial charge in [-0.1, -0.05) is 78.3 Å². The van der Waals surface area contributed by atoms with Crippen molar-refractivity contribution in [1.29, 1.82) is 0 Å². The number of rotatable bonds is 4. The van der Waals surface area contributed by atoms with Crippen molar-refractivity contribution in [2.45, 2.75) is 19.0 Å². The smallest absolute Gasteiger partial charge is 0.197 e. The van der Waals surface area contributed by atoms with Crippen molar-refractivity contribution in [1.82, 2.24) is 9.80 Å². The first-order valence-corrected chi connectivity index (χ1v) is 11.4. The number of halogens is 1. The van der Waals surface area contributed by atoms with Crippen LogP contribution in [0.5, 0.6) is 0 Å². The summed E-state index contributed by atoms with van der Waals surface area (Å²) >= 11 is 6.41. The molecule has 0 spiro atoms. The molecule has 162 valence electrons. The van der Waals surface area contributed by atoms with Gasteiger partial charge < -0.3 is 0 Å². The highest BCUT2D eigenvalue weighted by Gasteiger charge is 2.58. The third-order valence-corrected chi connectivity index (χ3v) is 7.15. The summed E-state index contributed by atoms with van der Waals surface area (Å²) in [5.74, 6) is -0.375. The van der Waals surface area contributed by atoms with Gasteiger partial charge in [0.1, 0.15) is 0 Å². The summed E-state index contributed by atoms with van der Waals surface area (Å²) in [6.45, 7) is 5.83. The number of hydrogen-bond acceptors (Lipinski definition) is 4. The molecular formula is C27H25ClN2O2. The van der Waals surface area contributed by atoms with Crippen molar-refractivity contribution < 1.29 is 9.59 Å². The zero-order valence-electron chi connectivity index (χ0n) is 18.1. The maximum atomic E-state index is 13.9. The van der Waals surface area contributed by atoms with Gasteiger partial charge in [0.25, 0.3) is 0 Å². The number of Topliss-reactive ketones (excluding diaryl/α,β-unsaturated/α-hetero) is 2. The Bertz CT molecular complexity index is 1190. The van der Waals surface area contributed by atoms with E-state index in [9.17, 15) is 9.59 Å². The molecule has 1 atom stereocenters. The predicted molar refractivity (Wildman–Crippen MR) is 126 cm³/mol. The third kappa shape index (κ3) is 3.22. The average Bonchev–Trinajstić information content (AvgIpc) is 3.05. The lowest BCUT2D eigenvalue weighted by Gasteiger charge is -2.44. The Morgan fingerprint density at radius 2 is 1.50 bits per heavy atom. The third-order valence-electron chi connectivity index (χ3n) is 6.84. The maximum absolute atomic E-state index is 13.9. The summed E-state index contributed by atoms with van der Waals surface area (Å²) in [5, 5.41) is 0.344. The summed E-state index contributed by atoms with van der Waals surface area (Å²) in [5.41, 5.74) is 2.74. The molecule has 0 saturated carbocycles. The zero-order valence-corrected chi connectivity index (χ0v) is 18.8. The van der Waals surface area contributed by atoms with Crippen LogP contribution in [0.3, 0.4) is 0 Å². The number of carbonyl (C=O) groups is 2. The Morgan fingerprint density at radius 3 is 2.19 bits per heavy atom. The van der Waals surface area contributed by atoms with Crippen LogP contribution in [0.2, 0.25) is 5.02 Å². The zero-order chi connectivity index (χ0) is 22.3. The lowest BCUT2D eigenvalue weighted by molar-refractivity contribution is 0.0279. The molecule has 1 unspecified atom stereocenters. The van der Waals surface area contributed by atoms with Gasteiger partial charge in [-0.2, -0.15) is 0 Å². The fourth-order valence-electron chi connectivity index (χ4n) is 5.10. The number of hydrogen-bond donors (Lipinski definition) is 0. The molecule has 1 aliphatic carbocycles. The van der Waals surface area contributed by atoms with E-state index in [2.05, 4.69) is 41.0 Å². The molecule has 4 nitrogen and oxygen atoms in total. The van der Waals surface area contributed by atoms with Crippen LogP contribution >= 0.6 is 11.6 Å². The standard InChI is InChI=1S/C27H25ClN2O2/c1-19-8-5-6-9-20(19)18-29-14-16-30(17-15-29)27(21-10-3-2-4-11-21)25(31)22-12-7-13-23(28)24(22)26(27)32/h2-13H,14-18H2,1H3. The SMILES string of the molecule is Cc1ccccc1CN1CCN(C2(c3ccccc3)C(=O)c3cccc(Cl)c3C2=O)CC1. The van der Waals surface area contributed by atoms with Gasteiger partial charge in [0.15, 0.2) is 17.1 Å². The van der Waals surface area contributed by atoms with Crippen molar-refractivity contribution in [3.05, 3.63) is 106 Å². The first-order valence-electron chi connectivity index (χ1n) is 11.0. The van der Waals surface area contributed by atoms with Crippen LogP contribution in [0.25, 0.3) is 0 Å². The number of fused-ring (bicyclic) bond motifs is 1. The van der Waals surface area contributed by atoms with Crippen molar-refractivity contribution >= 4 is 23.2 Å². The van der Waals surface area contributed by atoms with E-state index in [1.807, 2.05) is 30.3 Å². The van der Waals surface area contributed by atoms with Crippen LogP contribution in [0, 0.1) is 6.92 Å². The van der Waals surface area contributed by atoms with Crippen LogP contribution in [0.4, 0.5) is 0 Å². The minimum atomic E-state index is -1.34. The second kappa shape index (κ2) is 8.28. The molecule has 1 saturated heterocycles. The van der Waals surface area contributed by atoms with Crippen LogP contribution < -0.4 is 0 Å². The van der Waals surface area contributed by atoms with Gasteiger partial charge in [0, 0.05) is 43.9 Å². The molecule has 0 bridgehead atoms. The highest BCUT2D eigenvalue weighted by Crippen LogP contribution is 2.45. The van der Waals surface area contributed by atoms with Crippen molar-refractivity contribution in [3.63, 3.8) is 0 Å². The first kappa shape index (κ1) is 21.1. The number of nitrogens with zero attached hydrogens (tertiary/aromatic N) is 2. The molecule has 3 aromatic rings. The monoisotopic (exact) mass is 444 g/mol. The minimum Gasteiger partial charge on any atom is -0.297 e. The number of ketones is 2. The fraction of sp³-hybridized carbons (Fsp3) is 0.259. The van der Waals surface area contributed by atoms with Crippen LogP contribution in [-0.2, 0) is 12.1 Å². The summed E-state index contributed by atoms with van der Waals surface area (Å²) in [6, 6.07) is 23.0. The molecule has 0 aromatic heterocycles. The predicted octanol–water partition coefficient (Wildman–Crippen LogP) is 4.74. The highest BCUT2D eigenvalue weighted by atomic mass is 35.5. The number of benzene rings is 3. The van der Waals surface area contributed by atoms with Gasteiger partial charge >= 0.3 is 0 Å². The van der Waals surface area contributed by atoms with Crippen LogP contribution in [0.1, 0.15) is 37.4 Å². The van der Waals surface area contributed by atoms with Gasteiger partial charge in [0.05, 0.1) is 5.02 Å². The molecule has 5 rings (SSSR count). The van der Waals surface area contributed by atoms with E-state index in [-0.39, 0.29) is 11.6 Å². The van der Waals surface area contributed by atoms with E-state index in [4.69, 9.17) is 11.6 Å². The molecule has 3 aromatic carbocycles. The second-order valence-corrected chi connectivity index (χ2v) is 8.99. The first-order chi connectivity index (χ1) is 15.5. The van der Waals surface area contributed by atoms with Gasteiger partial charge in [0.2, 0.25) is 0 Å². The number of aryl methyl sites for hydroxylation is 1. The van der Waals surface area contributed by atoms with Crippen molar-refractivity contribution in [3.8, 4) is 0 Å². The van der Waals surface area contributed by atoms with Crippen molar-refractivity contribution in [2.75, 3.05) is 26.2 Å². The van der Waals surface area contributed by atoms with E-state index in [1.54, 1.807) is 18.2 Å². The molecule has 1 fully saturated rings. The second-order valence-electron chi connectivity index (χ2n) is 8.59. The van der Waals surface area contributed by atoms with Crippen molar-refractivity contribution in [2.24, 2.45) is 0 Å². The number of carbonyl (C=O) groups excluding carboxylic acids is 2. The lowest BCUT2D eigenvalue weighted by atomic mass is 9.82. The molecule has 0 N–H and O–H groups in total. The molecule has 2 aliphatic rings. The van der Waals surface area contributed by atoms with Gasteiger partial charge in [-0.3, -0.25) is 19.4 Å². The molecule has 0 radical (unpaired) electrons. The largest absolute Gasteiger partial charge is 0.297 e. The van der Waals surface area contributed by atoms with E-state index in [0.717, 1.165) is 25.2 Å². The Balaban J connectivity index is 1.48. The molecule has 5 heteroatoms. The molecule has 1 heterocycles. The highest BCUT2D eigenvalue weighted by molar-refractivity contribution is 6.41. The van der Waals surface area contributed by atoms with Gasteiger partial charge in [-0.05, 0) is 29.7 Å². The topological polar surface area (TPSA) is 40.6 Å². The normalized spacial score (nSPS) is 21.7. The quantitative estimate of drug-likeness (QED) is 0.545. The van der Waals surface area contributed by atoms with E-state index in [1.165, 1.54) is 11.1 Å². The van der Waals surface area contributed by atoms with E-state index >= 15 is 0 Å². The van der Waals surface area contributed by atoms with Crippen LogP contribution in [-0.4, -0.2) is 47.5 Å². The Morgan fingerprint density at radius 1 is 0.812 bits per heavy atom. The molecule has 0 amide bonds. The summed E-state index contributed by atoms with van der Waals surface area (Å²) in [7, 11) is 0. The average molecular weight is 445 g/mol. The van der Waals surface area contributed by atoms with Crippen LogP contribution in [0.15, 0.2) is 72.8 Å². The molecular weight excluding hydrogens is 420 g/mol. The maximum Gasteiger partial charge on any atom is 0.197 e. The van der Waals surface area contributed by atoms with Gasteiger partial charge in [-0.15, -0.1) is 0 Å². The molecule has 32 heavy (non-hydrogen) atoms. The summed E-state index contributed by atoms with van der Waals surface area (Å²) in [4.78, 5) is 32.2. The summed E-state index contributed by atoms with van der Waals surface area (Å²) in [6.07, 6.45) is 0. The van der Waals surface area contributed by atoms with E-state index < -0.39 is 5.54 Å². The minimum absolute atomic E-state index is 0.168. The fourth-order valence-corrected chi connectivity index (χ4v) is 5.36. The lowest BCUT2D eigenvalue weighted by Crippen LogP contribution is -2.60. The van der Waals surface area contributed by atoms with Gasteiger partial charge in [-0.25, -0.2) is 0 Å². The Labute approximate surface area is 193 Å².